The topological polar surface area (TPSA) is 166 Å². The zero-order chi connectivity index (χ0) is 22.1. The van der Waals surface area contributed by atoms with Crippen LogP contribution in [0.25, 0.3) is 10.4 Å². The van der Waals surface area contributed by atoms with Crippen LogP contribution in [0.2, 0.25) is 0 Å². The fraction of sp³-hybridized carbons (Fsp3) is 0.647. The number of nitrogens with zero attached hydrogens (tertiary/aromatic N) is 3. The Balaban J connectivity index is 3.51. The number of amides is 1. The molecule has 0 spiro atoms. The zero-order valence-corrected chi connectivity index (χ0v) is 16.8. The van der Waals surface area contributed by atoms with Gasteiger partial charge in [-0.1, -0.05) is 12.0 Å². The molecule has 160 valence electrons. The normalized spacial score (nSPS) is 22.5. The number of nitrogens with one attached hydrogen (secondary N) is 1. The maximum atomic E-state index is 12.0. The molecule has 0 saturated carbocycles. The summed E-state index contributed by atoms with van der Waals surface area (Å²) in [5.74, 6) is -2.99. The summed E-state index contributed by atoms with van der Waals surface area (Å²) in [5.41, 5.74) is 8.90. The van der Waals surface area contributed by atoms with E-state index in [1.807, 2.05) is 0 Å². The summed E-state index contributed by atoms with van der Waals surface area (Å²) in [6.07, 6.45) is -1.97. The lowest BCUT2D eigenvalue weighted by Gasteiger charge is -2.40. The molecule has 1 amide bonds. The molecule has 0 bridgehead atoms. The number of rotatable bonds is 8. The molecule has 0 aromatic heterocycles. The average molecular weight is 412 g/mol. The Morgan fingerprint density at radius 3 is 2.31 bits per heavy atom. The van der Waals surface area contributed by atoms with Gasteiger partial charge in [-0.05, 0) is 18.0 Å². The Morgan fingerprint density at radius 1 is 1.24 bits per heavy atom. The number of hydrogen-bond donors (Lipinski definition) is 1. The van der Waals surface area contributed by atoms with Crippen molar-refractivity contribution in [2.45, 2.75) is 64.5 Å². The molecule has 1 N–H and O–H groups in total. The van der Waals surface area contributed by atoms with Crippen LogP contribution in [0.3, 0.4) is 0 Å². The first-order chi connectivity index (χ1) is 13.6. The van der Waals surface area contributed by atoms with Crippen molar-refractivity contribution in [2.24, 2.45) is 5.11 Å². The van der Waals surface area contributed by atoms with Crippen molar-refractivity contribution in [3.8, 4) is 0 Å². The van der Waals surface area contributed by atoms with Gasteiger partial charge in [0.1, 0.15) is 6.10 Å². The van der Waals surface area contributed by atoms with Crippen molar-refractivity contribution >= 4 is 23.8 Å². The third kappa shape index (κ3) is 6.68. The van der Waals surface area contributed by atoms with Gasteiger partial charge in [0.25, 0.3) is 0 Å². The third-order valence-corrected chi connectivity index (χ3v) is 3.96. The van der Waals surface area contributed by atoms with Crippen LogP contribution in [0.4, 0.5) is 0 Å². The van der Waals surface area contributed by atoms with Crippen LogP contribution < -0.4 is 5.32 Å². The number of azide groups is 1. The van der Waals surface area contributed by atoms with Gasteiger partial charge in [-0.3, -0.25) is 14.4 Å². The van der Waals surface area contributed by atoms with E-state index in [2.05, 4.69) is 20.1 Å². The van der Waals surface area contributed by atoms with Crippen LogP contribution >= 0.6 is 0 Å². The first-order valence-electron chi connectivity index (χ1n) is 8.77. The van der Waals surface area contributed by atoms with Gasteiger partial charge in [0.05, 0.1) is 19.2 Å². The summed E-state index contributed by atoms with van der Waals surface area (Å²) in [6.45, 7) is 5.24. The van der Waals surface area contributed by atoms with E-state index in [1.165, 1.54) is 19.9 Å². The van der Waals surface area contributed by atoms with Gasteiger partial charge in [0.15, 0.2) is 12.2 Å². The Hall–Kier alpha value is -3.27. The summed E-state index contributed by atoms with van der Waals surface area (Å²) < 4.78 is 20.9. The number of hydrogen-bond acceptors (Lipinski definition) is 9. The monoisotopic (exact) mass is 412 g/mol. The summed E-state index contributed by atoms with van der Waals surface area (Å²) in [6, 6.07) is -2.09. The second-order valence-electron chi connectivity index (χ2n) is 6.16. The number of ether oxygens (including phenoxy) is 4. The highest BCUT2D eigenvalue weighted by molar-refractivity contribution is 5.86. The standard InChI is InChI=1S/C17H24N4O8/c1-6-12(27-9(3)23)15(28-10(4)24)16-14(19-8(2)22)11(20-21-18)7-13(29-16)17(25)26-5/h7,11-12,14-16H,6H2,1-5H3,(H,19,22)/t11-,12+,14+,15+,16+/m0/s1. The SMILES string of the molecule is CC[C@@H](OC(C)=O)[C@@H](OC(C)=O)[C@@H]1OC(C(=O)OC)=C[C@H](N=[N+]=[N-])[C@H]1NC(C)=O. The minimum absolute atomic E-state index is 0.230. The smallest absolute Gasteiger partial charge is 0.372 e. The summed E-state index contributed by atoms with van der Waals surface area (Å²) >= 11 is 0. The van der Waals surface area contributed by atoms with Gasteiger partial charge in [0, 0.05) is 25.7 Å². The van der Waals surface area contributed by atoms with E-state index < -0.39 is 54.2 Å². The molecule has 29 heavy (non-hydrogen) atoms. The third-order valence-electron chi connectivity index (χ3n) is 3.96. The quantitative estimate of drug-likeness (QED) is 0.202. The highest BCUT2D eigenvalue weighted by Gasteiger charge is 2.46. The van der Waals surface area contributed by atoms with E-state index in [0.717, 1.165) is 14.0 Å². The van der Waals surface area contributed by atoms with Crippen molar-refractivity contribution in [1.82, 2.24) is 5.32 Å². The summed E-state index contributed by atoms with van der Waals surface area (Å²) in [5, 5.41) is 6.17. The maximum Gasteiger partial charge on any atom is 0.372 e. The van der Waals surface area contributed by atoms with E-state index in [0.29, 0.717) is 0 Å². The summed E-state index contributed by atoms with van der Waals surface area (Å²) in [4.78, 5) is 49.7. The van der Waals surface area contributed by atoms with E-state index >= 15 is 0 Å². The van der Waals surface area contributed by atoms with Crippen LogP contribution in [-0.4, -0.2) is 61.3 Å². The maximum absolute atomic E-state index is 12.0. The molecule has 1 aliphatic heterocycles. The molecule has 1 heterocycles. The average Bonchev–Trinajstić information content (AvgIpc) is 2.64. The van der Waals surface area contributed by atoms with Crippen molar-refractivity contribution in [3.63, 3.8) is 0 Å². The summed E-state index contributed by atoms with van der Waals surface area (Å²) in [7, 11) is 1.13. The Morgan fingerprint density at radius 2 is 1.86 bits per heavy atom. The fourth-order valence-electron chi connectivity index (χ4n) is 2.91. The predicted octanol–water partition coefficient (Wildman–Crippen LogP) is 0.899. The Labute approximate surface area is 167 Å². The van der Waals surface area contributed by atoms with Crippen LogP contribution in [0.5, 0.6) is 0 Å². The Kier molecular flexibility index (Phi) is 8.94. The number of carbonyl (C=O) groups is 4. The second kappa shape index (κ2) is 10.9. The van der Waals surface area contributed by atoms with Gasteiger partial charge in [-0.15, -0.1) is 0 Å². The lowest BCUT2D eigenvalue weighted by molar-refractivity contribution is -0.181. The highest BCUT2D eigenvalue weighted by atomic mass is 16.6. The molecule has 1 aliphatic rings. The molecule has 0 aromatic rings. The molecule has 12 heteroatoms. The van der Waals surface area contributed by atoms with E-state index in [9.17, 15) is 19.2 Å². The van der Waals surface area contributed by atoms with Crippen LogP contribution in [0.15, 0.2) is 16.9 Å². The number of carbonyl (C=O) groups excluding carboxylic acids is 4. The molecule has 0 aliphatic carbocycles. The van der Waals surface area contributed by atoms with Gasteiger partial charge >= 0.3 is 17.9 Å². The molecule has 0 radical (unpaired) electrons. The van der Waals surface area contributed by atoms with E-state index in [1.54, 1.807) is 6.92 Å². The fourth-order valence-corrected chi connectivity index (χ4v) is 2.91. The van der Waals surface area contributed by atoms with Crippen molar-refractivity contribution in [3.05, 3.63) is 22.3 Å². The first-order valence-corrected chi connectivity index (χ1v) is 8.77. The lowest BCUT2D eigenvalue weighted by atomic mass is 9.91. The molecule has 0 unspecified atom stereocenters. The van der Waals surface area contributed by atoms with Gasteiger partial charge in [-0.25, -0.2) is 4.79 Å². The second-order valence-corrected chi connectivity index (χ2v) is 6.16. The van der Waals surface area contributed by atoms with Crippen molar-refractivity contribution < 1.29 is 38.1 Å². The molecule has 12 nitrogen and oxygen atoms in total. The van der Waals surface area contributed by atoms with E-state index in [4.69, 9.17) is 19.7 Å². The molecule has 0 saturated heterocycles. The van der Waals surface area contributed by atoms with Gasteiger partial charge in [0.2, 0.25) is 11.7 Å². The molecule has 0 aromatic carbocycles. The van der Waals surface area contributed by atoms with Crippen LogP contribution in [0, 0.1) is 0 Å². The molecular formula is C17H24N4O8. The van der Waals surface area contributed by atoms with E-state index in [-0.39, 0.29) is 12.2 Å². The van der Waals surface area contributed by atoms with Crippen molar-refractivity contribution in [2.75, 3.05) is 7.11 Å². The van der Waals surface area contributed by atoms with Crippen LogP contribution in [0.1, 0.15) is 34.1 Å². The molecule has 1 rings (SSSR count). The van der Waals surface area contributed by atoms with Crippen molar-refractivity contribution in [1.29, 1.82) is 0 Å². The number of methoxy groups -OCH3 is 1. The lowest BCUT2D eigenvalue weighted by Crippen LogP contribution is -2.60. The van der Waals surface area contributed by atoms with Gasteiger partial charge in [-0.2, -0.15) is 0 Å². The van der Waals surface area contributed by atoms with Gasteiger partial charge < -0.3 is 24.3 Å². The number of esters is 3. The highest BCUT2D eigenvalue weighted by Crippen LogP contribution is 2.28. The molecule has 0 fully saturated rings. The molecular weight excluding hydrogens is 388 g/mol. The molecule has 5 atom stereocenters. The minimum atomic E-state index is -1.22. The largest absolute Gasteiger partial charge is 0.477 e. The van der Waals surface area contributed by atoms with Crippen LogP contribution in [-0.2, 0) is 38.1 Å². The Bertz CT molecular complexity index is 731. The first kappa shape index (κ1) is 23.8. The predicted molar refractivity (Wildman–Crippen MR) is 96.9 cm³/mol. The minimum Gasteiger partial charge on any atom is -0.477 e. The zero-order valence-electron chi connectivity index (χ0n) is 16.8.